The third-order valence-corrected chi connectivity index (χ3v) is 4.03. The summed E-state index contributed by atoms with van der Waals surface area (Å²) in [5.74, 6) is 2.79. The molecular formula is C16H30N4. The standard InChI is InChI=1S/C16H30N4/c1-6-11-13-18-14(17-10-5)12-15(19-13)20-16(7-2,8-3)9-4/h12H,6-11H2,1-5H3,(H2,17,18,19,20). The molecular weight excluding hydrogens is 248 g/mol. The molecule has 114 valence electrons. The summed E-state index contributed by atoms with van der Waals surface area (Å²) in [6, 6.07) is 2.03. The molecule has 0 spiro atoms. The van der Waals surface area contributed by atoms with Gasteiger partial charge in [-0.05, 0) is 32.6 Å². The molecule has 0 aromatic carbocycles. The zero-order chi connectivity index (χ0) is 15.0. The number of nitrogens with one attached hydrogen (secondary N) is 2. The summed E-state index contributed by atoms with van der Waals surface area (Å²) in [7, 11) is 0. The fourth-order valence-electron chi connectivity index (χ4n) is 2.46. The average Bonchev–Trinajstić information content (AvgIpc) is 2.45. The molecule has 0 bridgehead atoms. The highest BCUT2D eigenvalue weighted by atomic mass is 15.1. The van der Waals surface area contributed by atoms with Gasteiger partial charge in [0.1, 0.15) is 17.5 Å². The minimum Gasteiger partial charge on any atom is -0.370 e. The SMILES string of the molecule is CCCc1nc(NCC)cc(NC(CC)(CC)CC)n1. The average molecular weight is 278 g/mol. The molecule has 1 rings (SSSR count). The van der Waals surface area contributed by atoms with Gasteiger partial charge >= 0.3 is 0 Å². The van der Waals surface area contributed by atoms with Crippen LogP contribution in [-0.2, 0) is 6.42 Å². The van der Waals surface area contributed by atoms with Crippen LogP contribution in [0.15, 0.2) is 6.07 Å². The van der Waals surface area contributed by atoms with Gasteiger partial charge in [0, 0.05) is 24.6 Å². The Bertz CT molecular complexity index is 367. The van der Waals surface area contributed by atoms with Crippen molar-refractivity contribution in [2.24, 2.45) is 0 Å². The van der Waals surface area contributed by atoms with Crippen LogP contribution in [0.5, 0.6) is 0 Å². The molecule has 0 unspecified atom stereocenters. The molecule has 0 saturated heterocycles. The van der Waals surface area contributed by atoms with Gasteiger partial charge in [-0.15, -0.1) is 0 Å². The number of hydrogen-bond donors (Lipinski definition) is 2. The number of rotatable bonds is 9. The van der Waals surface area contributed by atoms with Crippen LogP contribution in [0.1, 0.15) is 66.1 Å². The van der Waals surface area contributed by atoms with Gasteiger partial charge in [-0.25, -0.2) is 9.97 Å². The van der Waals surface area contributed by atoms with Crippen molar-refractivity contribution >= 4 is 11.6 Å². The lowest BCUT2D eigenvalue weighted by atomic mass is 9.90. The molecule has 0 aliphatic rings. The lowest BCUT2D eigenvalue weighted by Gasteiger charge is -2.32. The Labute approximate surface area is 123 Å². The van der Waals surface area contributed by atoms with E-state index < -0.39 is 0 Å². The van der Waals surface area contributed by atoms with Crippen molar-refractivity contribution < 1.29 is 0 Å². The highest BCUT2D eigenvalue weighted by molar-refractivity contribution is 5.49. The van der Waals surface area contributed by atoms with E-state index in [0.29, 0.717) is 0 Å². The molecule has 1 heterocycles. The molecule has 4 nitrogen and oxygen atoms in total. The Morgan fingerprint density at radius 3 is 2.05 bits per heavy atom. The molecule has 0 fully saturated rings. The zero-order valence-corrected chi connectivity index (χ0v) is 13.7. The summed E-state index contributed by atoms with van der Waals surface area (Å²) in [6.45, 7) is 11.8. The number of hydrogen-bond acceptors (Lipinski definition) is 4. The van der Waals surface area contributed by atoms with Gasteiger partial charge in [0.25, 0.3) is 0 Å². The molecule has 20 heavy (non-hydrogen) atoms. The first-order chi connectivity index (χ1) is 9.62. The summed E-state index contributed by atoms with van der Waals surface area (Å²) in [4.78, 5) is 9.23. The molecule has 0 amide bonds. The van der Waals surface area contributed by atoms with E-state index in [1.165, 1.54) is 0 Å². The molecule has 0 aliphatic heterocycles. The van der Waals surface area contributed by atoms with Crippen LogP contribution in [0, 0.1) is 0 Å². The predicted octanol–water partition coefficient (Wildman–Crippen LogP) is 4.24. The monoisotopic (exact) mass is 278 g/mol. The van der Waals surface area contributed by atoms with Crippen molar-refractivity contribution in [3.8, 4) is 0 Å². The maximum atomic E-state index is 4.67. The van der Waals surface area contributed by atoms with Gasteiger partial charge in [-0.2, -0.15) is 0 Å². The van der Waals surface area contributed by atoms with Crippen LogP contribution in [0.4, 0.5) is 11.6 Å². The minimum atomic E-state index is 0.140. The zero-order valence-electron chi connectivity index (χ0n) is 13.7. The van der Waals surface area contributed by atoms with Crippen LogP contribution in [-0.4, -0.2) is 22.1 Å². The smallest absolute Gasteiger partial charge is 0.133 e. The number of aromatic nitrogens is 2. The van der Waals surface area contributed by atoms with Crippen LogP contribution in [0.2, 0.25) is 0 Å². The molecule has 0 saturated carbocycles. The fourth-order valence-corrected chi connectivity index (χ4v) is 2.46. The number of nitrogens with zero attached hydrogens (tertiary/aromatic N) is 2. The predicted molar refractivity (Wildman–Crippen MR) is 87.4 cm³/mol. The highest BCUT2D eigenvalue weighted by Gasteiger charge is 2.24. The Balaban J connectivity index is 3.02. The fraction of sp³-hybridized carbons (Fsp3) is 0.750. The number of aryl methyl sites for hydroxylation is 1. The van der Waals surface area contributed by atoms with E-state index in [0.717, 1.165) is 56.1 Å². The Morgan fingerprint density at radius 2 is 1.55 bits per heavy atom. The van der Waals surface area contributed by atoms with Crippen LogP contribution in [0.3, 0.4) is 0 Å². The van der Waals surface area contributed by atoms with E-state index in [2.05, 4.69) is 55.2 Å². The second-order valence-corrected chi connectivity index (χ2v) is 5.30. The molecule has 1 aromatic rings. The summed E-state index contributed by atoms with van der Waals surface area (Å²) in [5, 5.41) is 6.94. The number of anilines is 2. The van der Waals surface area contributed by atoms with Crippen LogP contribution in [0.25, 0.3) is 0 Å². The van der Waals surface area contributed by atoms with Gasteiger partial charge in [0.15, 0.2) is 0 Å². The minimum absolute atomic E-state index is 0.140. The van der Waals surface area contributed by atoms with E-state index in [4.69, 9.17) is 0 Å². The second-order valence-electron chi connectivity index (χ2n) is 5.30. The Morgan fingerprint density at radius 1 is 0.950 bits per heavy atom. The van der Waals surface area contributed by atoms with Crippen molar-refractivity contribution in [3.05, 3.63) is 11.9 Å². The molecule has 0 aliphatic carbocycles. The molecule has 2 N–H and O–H groups in total. The molecule has 1 aromatic heterocycles. The molecule has 4 heteroatoms. The van der Waals surface area contributed by atoms with Crippen molar-refractivity contribution in [1.82, 2.24) is 9.97 Å². The Kier molecular flexibility index (Phi) is 6.76. The molecule has 0 atom stereocenters. The highest BCUT2D eigenvalue weighted by Crippen LogP contribution is 2.25. The van der Waals surface area contributed by atoms with Crippen molar-refractivity contribution in [2.75, 3.05) is 17.2 Å². The maximum Gasteiger partial charge on any atom is 0.133 e. The quantitative estimate of drug-likeness (QED) is 0.709. The van der Waals surface area contributed by atoms with E-state index in [1.54, 1.807) is 0 Å². The van der Waals surface area contributed by atoms with E-state index in [1.807, 2.05) is 6.07 Å². The third-order valence-electron chi connectivity index (χ3n) is 4.03. The summed E-state index contributed by atoms with van der Waals surface area (Å²) in [6.07, 6.45) is 5.29. The summed E-state index contributed by atoms with van der Waals surface area (Å²) in [5.41, 5.74) is 0.140. The van der Waals surface area contributed by atoms with Crippen molar-refractivity contribution in [2.45, 2.75) is 72.3 Å². The lowest BCUT2D eigenvalue weighted by Crippen LogP contribution is -2.36. The lowest BCUT2D eigenvalue weighted by molar-refractivity contribution is 0.418. The first kappa shape index (κ1) is 16.7. The van der Waals surface area contributed by atoms with Crippen LogP contribution < -0.4 is 10.6 Å². The largest absolute Gasteiger partial charge is 0.370 e. The van der Waals surface area contributed by atoms with Crippen LogP contribution >= 0.6 is 0 Å². The van der Waals surface area contributed by atoms with Crippen molar-refractivity contribution in [1.29, 1.82) is 0 Å². The normalized spacial score (nSPS) is 11.4. The van der Waals surface area contributed by atoms with Gasteiger partial charge < -0.3 is 10.6 Å². The maximum absolute atomic E-state index is 4.67. The van der Waals surface area contributed by atoms with E-state index in [-0.39, 0.29) is 5.54 Å². The van der Waals surface area contributed by atoms with Gasteiger partial charge in [-0.3, -0.25) is 0 Å². The van der Waals surface area contributed by atoms with E-state index >= 15 is 0 Å². The van der Waals surface area contributed by atoms with Gasteiger partial charge in [-0.1, -0.05) is 27.7 Å². The Hall–Kier alpha value is -1.32. The second kappa shape index (κ2) is 8.08. The first-order valence-electron chi connectivity index (χ1n) is 8.03. The molecule has 0 radical (unpaired) electrons. The first-order valence-corrected chi connectivity index (χ1v) is 8.03. The van der Waals surface area contributed by atoms with Gasteiger partial charge in [0.05, 0.1) is 0 Å². The van der Waals surface area contributed by atoms with Gasteiger partial charge in [0.2, 0.25) is 0 Å². The topological polar surface area (TPSA) is 49.8 Å². The summed E-state index contributed by atoms with van der Waals surface area (Å²) < 4.78 is 0. The summed E-state index contributed by atoms with van der Waals surface area (Å²) >= 11 is 0. The third kappa shape index (κ3) is 4.36. The van der Waals surface area contributed by atoms with E-state index in [9.17, 15) is 0 Å². The van der Waals surface area contributed by atoms with Crippen molar-refractivity contribution in [3.63, 3.8) is 0 Å².